The lowest BCUT2D eigenvalue weighted by Crippen LogP contribution is -2.52. The number of carbonyl (C=O) groups excluding carboxylic acids is 1. The van der Waals surface area contributed by atoms with Crippen molar-refractivity contribution in [3.8, 4) is 11.3 Å². The molecule has 0 radical (unpaired) electrons. The van der Waals surface area contributed by atoms with Gasteiger partial charge in [0.05, 0.1) is 46.8 Å². The number of aromatic nitrogens is 4. The Hall–Kier alpha value is -3.46. The lowest BCUT2D eigenvalue weighted by atomic mass is 9.70. The van der Waals surface area contributed by atoms with Crippen LogP contribution >= 0.6 is 0 Å². The molecule has 37 heavy (non-hydrogen) atoms. The van der Waals surface area contributed by atoms with Crippen molar-refractivity contribution >= 4 is 23.1 Å². The molecule has 9 nitrogen and oxygen atoms in total. The van der Waals surface area contributed by atoms with Gasteiger partial charge >= 0.3 is 0 Å². The summed E-state index contributed by atoms with van der Waals surface area (Å²) in [7, 11) is 0. The van der Waals surface area contributed by atoms with Crippen LogP contribution < -0.4 is 15.5 Å². The zero-order valence-corrected chi connectivity index (χ0v) is 21.8. The van der Waals surface area contributed by atoms with Gasteiger partial charge in [0, 0.05) is 48.4 Å². The molecule has 0 saturated carbocycles. The summed E-state index contributed by atoms with van der Waals surface area (Å²) in [5.41, 5.74) is 5.36. The van der Waals surface area contributed by atoms with E-state index in [9.17, 15) is 9.90 Å². The summed E-state index contributed by atoms with van der Waals surface area (Å²) in [6, 6.07) is 3.99. The number of nitrogens with one attached hydrogen (secondary N) is 2. The first-order chi connectivity index (χ1) is 17.7. The zero-order valence-electron chi connectivity index (χ0n) is 21.8. The van der Waals surface area contributed by atoms with Gasteiger partial charge in [-0.15, -0.1) is 0 Å². The molecule has 0 bridgehead atoms. The van der Waals surface area contributed by atoms with E-state index in [1.165, 1.54) is 5.69 Å². The maximum atomic E-state index is 12.8. The number of carbonyl (C=O) groups is 1. The molecule has 6 heterocycles. The number of anilines is 3. The molecule has 0 aromatic carbocycles. The molecule has 0 unspecified atom stereocenters. The number of rotatable bonds is 5. The molecule has 9 heteroatoms. The second kappa shape index (κ2) is 8.83. The van der Waals surface area contributed by atoms with Crippen LogP contribution in [0.2, 0.25) is 0 Å². The summed E-state index contributed by atoms with van der Waals surface area (Å²) in [6.45, 7) is 9.07. The fourth-order valence-electron chi connectivity index (χ4n) is 5.93. The Balaban J connectivity index is 1.25. The van der Waals surface area contributed by atoms with Crippen LogP contribution in [0, 0.1) is 5.41 Å². The van der Waals surface area contributed by atoms with Crippen molar-refractivity contribution in [2.45, 2.75) is 71.6 Å². The minimum atomic E-state index is -0.753. The van der Waals surface area contributed by atoms with Gasteiger partial charge in [-0.1, -0.05) is 6.92 Å². The van der Waals surface area contributed by atoms with Crippen molar-refractivity contribution in [3.05, 3.63) is 47.5 Å². The second-order valence-corrected chi connectivity index (χ2v) is 11.4. The van der Waals surface area contributed by atoms with Crippen LogP contribution in [0.1, 0.15) is 68.1 Å². The van der Waals surface area contributed by atoms with Crippen molar-refractivity contribution in [2.24, 2.45) is 5.41 Å². The highest BCUT2D eigenvalue weighted by Crippen LogP contribution is 2.41. The number of fused-ring (bicyclic) bond motifs is 2. The van der Waals surface area contributed by atoms with E-state index in [1.54, 1.807) is 6.20 Å². The normalized spacial score (nSPS) is 21.4. The summed E-state index contributed by atoms with van der Waals surface area (Å²) in [5, 5.41) is 21.6. The highest BCUT2D eigenvalue weighted by Gasteiger charge is 2.42. The number of hydrogen-bond donors (Lipinski definition) is 3. The number of nitrogens with zero attached hydrogens (tertiary/aromatic N) is 5. The van der Waals surface area contributed by atoms with Crippen LogP contribution in [-0.2, 0) is 19.5 Å². The smallest absolute Gasteiger partial charge is 0.254 e. The van der Waals surface area contributed by atoms with Gasteiger partial charge in [-0.3, -0.25) is 14.5 Å². The van der Waals surface area contributed by atoms with Crippen molar-refractivity contribution in [1.82, 2.24) is 25.1 Å². The van der Waals surface area contributed by atoms with Crippen molar-refractivity contribution < 1.29 is 9.90 Å². The Morgan fingerprint density at radius 1 is 1.11 bits per heavy atom. The van der Waals surface area contributed by atoms with Gasteiger partial charge in [-0.2, -0.15) is 5.10 Å². The van der Waals surface area contributed by atoms with Crippen molar-refractivity contribution in [2.75, 3.05) is 23.3 Å². The van der Waals surface area contributed by atoms with Crippen molar-refractivity contribution in [1.29, 1.82) is 0 Å². The minimum absolute atomic E-state index is 0.0990. The molecule has 1 fully saturated rings. The highest BCUT2D eigenvalue weighted by molar-refractivity contribution is 6.05. The molecule has 194 valence electrons. The number of aliphatic hydroxyl groups is 1. The predicted molar refractivity (Wildman–Crippen MR) is 143 cm³/mol. The monoisotopic (exact) mass is 501 g/mol. The van der Waals surface area contributed by atoms with E-state index in [4.69, 9.17) is 4.98 Å². The fraction of sp³-hybridized carbons (Fsp3) is 0.500. The van der Waals surface area contributed by atoms with Gasteiger partial charge in [0.1, 0.15) is 5.82 Å². The summed E-state index contributed by atoms with van der Waals surface area (Å²) in [4.78, 5) is 24.6. The SMILES string of the molecule is CC(C)(O)[C@@]1(C)CCCN(c2ccc(Nc3cnc(-c4cnn5c4CCCC5)c4c3C(=O)NC4)nc2)C1. The van der Waals surface area contributed by atoms with Crippen molar-refractivity contribution in [3.63, 3.8) is 0 Å². The van der Waals surface area contributed by atoms with Gasteiger partial charge < -0.3 is 20.6 Å². The Morgan fingerprint density at radius 2 is 1.97 bits per heavy atom. The first-order valence-electron chi connectivity index (χ1n) is 13.3. The molecule has 3 aromatic rings. The van der Waals surface area contributed by atoms with E-state index in [1.807, 2.05) is 38.4 Å². The average Bonchev–Trinajstić information content (AvgIpc) is 3.49. The number of hydrogen-bond acceptors (Lipinski definition) is 7. The molecular weight excluding hydrogens is 466 g/mol. The Labute approximate surface area is 217 Å². The third-order valence-electron chi connectivity index (χ3n) is 8.62. The van der Waals surface area contributed by atoms with E-state index >= 15 is 0 Å². The summed E-state index contributed by atoms with van der Waals surface area (Å²) in [6.07, 6.45) is 10.8. The third kappa shape index (κ3) is 4.15. The van der Waals surface area contributed by atoms with E-state index in [-0.39, 0.29) is 11.3 Å². The van der Waals surface area contributed by atoms with Crippen LogP contribution in [0.4, 0.5) is 17.2 Å². The number of piperidine rings is 1. The molecule has 0 aliphatic carbocycles. The van der Waals surface area contributed by atoms with Crippen LogP contribution in [0.5, 0.6) is 0 Å². The van der Waals surface area contributed by atoms with Gasteiger partial charge in [0.15, 0.2) is 0 Å². The quantitative estimate of drug-likeness (QED) is 0.484. The van der Waals surface area contributed by atoms with Crippen LogP contribution in [0.15, 0.2) is 30.7 Å². The Bertz CT molecular complexity index is 1340. The molecule has 3 N–H and O–H groups in total. The molecule has 1 saturated heterocycles. The van der Waals surface area contributed by atoms with E-state index in [0.717, 1.165) is 74.2 Å². The Kier molecular flexibility index (Phi) is 5.71. The first-order valence-corrected chi connectivity index (χ1v) is 13.3. The van der Waals surface area contributed by atoms with Gasteiger partial charge in [-0.05, 0) is 58.1 Å². The molecule has 3 aliphatic heterocycles. The molecule has 1 amide bonds. The third-order valence-corrected chi connectivity index (χ3v) is 8.62. The minimum Gasteiger partial charge on any atom is -0.390 e. The summed E-state index contributed by atoms with van der Waals surface area (Å²) < 4.78 is 2.07. The Morgan fingerprint density at radius 3 is 2.76 bits per heavy atom. The molecule has 0 spiro atoms. The second-order valence-electron chi connectivity index (χ2n) is 11.4. The lowest BCUT2D eigenvalue weighted by molar-refractivity contribution is -0.0522. The van der Waals surface area contributed by atoms with Gasteiger partial charge in [0.2, 0.25) is 0 Å². The zero-order chi connectivity index (χ0) is 25.8. The maximum Gasteiger partial charge on any atom is 0.254 e. The number of aryl methyl sites for hydroxylation is 1. The standard InChI is InChI=1S/C28H35N7O2/c1-27(2,37)28(3)10-6-11-34(17-28)18-8-9-23(29-13-18)33-21-16-30-25(20-14-31-26(36)24(20)21)19-15-32-35-12-5-4-7-22(19)35/h8-9,13,15-16,37H,4-7,10-12,14,17H2,1-3H3,(H,29,33)(H,31,36)/t28-/m0/s1. The van der Waals surface area contributed by atoms with E-state index in [2.05, 4.69) is 37.2 Å². The number of amides is 1. The molecule has 1 atom stereocenters. The maximum absolute atomic E-state index is 12.8. The molecule has 3 aromatic heterocycles. The largest absolute Gasteiger partial charge is 0.390 e. The van der Waals surface area contributed by atoms with Crippen LogP contribution in [-0.4, -0.2) is 49.5 Å². The summed E-state index contributed by atoms with van der Waals surface area (Å²) >= 11 is 0. The topological polar surface area (TPSA) is 108 Å². The molecular formula is C28H35N7O2. The molecule has 3 aliphatic rings. The average molecular weight is 502 g/mol. The van der Waals surface area contributed by atoms with Gasteiger partial charge in [-0.25, -0.2) is 4.98 Å². The predicted octanol–water partition coefficient (Wildman–Crippen LogP) is 4.04. The van der Waals surface area contributed by atoms with Gasteiger partial charge in [0.25, 0.3) is 5.91 Å². The summed E-state index contributed by atoms with van der Waals surface area (Å²) in [5.74, 6) is 0.559. The fourth-order valence-corrected chi connectivity index (χ4v) is 5.93. The molecule has 6 rings (SSSR count). The van der Waals surface area contributed by atoms with E-state index in [0.29, 0.717) is 23.6 Å². The number of pyridine rings is 2. The lowest BCUT2D eigenvalue weighted by Gasteiger charge is -2.48. The highest BCUT2D eigenvalue weighted by atomic mass is 16.3. The van der Waals surface area contributed by atoms with E-state index < -0.39 is 5.60 Å². The van der Waals surface area contributed by atoms with Crippen LogP contribution in [0.25, 0.3) is 11.3 Å². The van der Waals surface area contributed by atoms with Crippen LogP contribution in [0.3, 0.4) is 0 Å². The first kappa shape index (κ1) is 23.9.